The molecule has 1 saturated carbocycles. The van der Waals surface area contributed by atoms with Gasteiger partial charge in [0.2, 0.25) is 0 Å². The van der Waals surface area contributed by atoms with E-state index in [-0.39, 0.29) is 0 Å². The molecular formula is C16H35N3. The Morgan fingerprint density at radius 3 is 2.32 bits per heavy atom. The molecule has 2 unspecified atom stereocenters. The zero-order chi connectivity index (χ0) is 14.7. The van der Waals surface area contributed by atoms with Gasteiger partial charge < -0.3 is 11.2 Å². The van der Waals surface area contributed by atoms with Gasteiger partial charge in [-0.25, -0.2) is 0 Å². The van der Waals surface area contributed by atoms with Gasteiger partial charge in [0.15, 0.2) is 0 Å². The van der Waals surface area contributed by atoms with Gasteiger partial charge in [0.25, 0.3) is 0 Å². The summed E-state index contributed by atoms with van der Waals surface area (Å²) >= 11 is 0. The van der Waals surface area contributed by atoms with Crippen molar-refractivity contribution in [3.05, 3.63) is 11.9 Å². The summed E-state index contributed by atoms with van der Waals surface area (Å²) in [4.78, 5) is 0. The Bertz CT molecular complexity index is 234. The molecule has 0 spiro atoms. The highest BCUT2D eigenvalue weighted by atomic mass is 15.2. The molecule has 0 aliphatic heterocycles. The highest BCUT2D eigenvalue weighted by molar-refractivity contribution is 4.91. The highest BCUT2D eigenvalue weighted by Gasteiger charge is 2.26. The molecule has 1 aliphatic rings. The van der Waals surface area contributed by atoms with Crippen LogP contribution in [0.1, 0.15) is 72.6 Å². The number of hydrazine groups is 1. The maximum Gasteiger partial charge on any atom is 0.0310 e. The quantitative estimate of drug-likeness (QED) is 0.524. The molecule has 2 atom stereocenters. The Hall–Kier alpha value is -0.700. The summed E-state index contributed by atoms with van der Waals surface area (Å²) in [5.41, 5.74) is 8.40. The number of nitrogens with one attached hydrogen (secondary N) is 1. The third-order valence-corrected chi connectivity index (χ3v) is 4.16. The Morgan fingerprint density at radius 1 is 1.26 bits per heavy atom. The molecule has 0 saturated heterocycles. The highest BCUT2D eigenvalue weighted by Crippen LogP contribution is 2.37. The molecular weight excluding hydrogens is 234 g/mol. The van der Waals surface area contributed by atoms with E-state index in [9.17, 15) is 0 Å². The van der Waals surface area contributed by atoms with E-state index in [4.69, 9.17) is 11.6 Å². The number of hydrogen-bond donors (Lipinski definition) is 3. The first kappa shape index (κ1) is 18.3. The maximum absolute atomic E-state index is 5.30. The minimum atomic E-state index is 0.766. The van der Waals surface area contributed by atoms with Crippen LogP contribution in [0, 0.1) is 17.8 Å². The zero-order valence-corrected chi connectivity index (χ0v) is 13.4. The molecule has 0 aromatic heterocycles. The Balaban J connectivity index is 0.000000399. The van der Waals surface area contributed by atoms with Gasteiger partial charge in [-0.2, -0.15) is 0 Å². The van der Waals surface area contributed by atoms with Gasteiger partial charge in [-0.05, 0) is 30.6 Å². The first-order chi connectivity index (χ1) is 9.06. The lowest BCUT2D eigenvalue weighted by molar-refractivity contribution is 0.170. The van der Waals surface area contributed by atoms with Crippen LogP contribution in [0.4, 0.5) is 0 Å². The van der Waals surface area contributed by atoms with Gasteiger partial charge in [-0.3, -0.25) is 5.84 Å². The van der Waals surface area contributed by atoms with E-state index in [0.717, 1.165) is 29.9 Å². The predicted octanol–water partition coefficient (Wildman–Crippen LogP) is 3.91. The third-order valence-electron chi connectivity index (χ3n) is 4.16. The van der Waals surface area contributed by atoms with Gasteiger partial charge >= 0.3 is 0 Å². The Labute approximate surface area is 120 Å². The van der Waals surface area contributed by atoms with E-state index in [1.165, 1.54) is 38.5 Å². The van der Waals surface area contributed by atoms with Crippen molar-refractivity contribution in [2.75, 3.05) is 0 Å². The van der Waals surface area contributed by atoms with Crippen molar-refractivity contribution in [3.63, 3.8) is 0 Å². The third kappa shape index (κ3) is 8.14. The fraction of sp³-hybridized carbons (Fsp3) is 0.875. The number of nitrogens with two attached hydrogens (primary N) is 2. The van der Waals surface area contributed by atoms with Crippen LogP contribution in [0.5, 0.6) is 0 Å². The lowest BCUT2D eigenvalue weighted by Crippen LogP contribution is -2.23. The van der Waals surface area contributed by atoms with Crippen LogP contribution in [0.25, 0.3) is 0 Å². The molecule has 0 aromatic carbocycles. The van der Waals surface area contributed by atoms with Gasteiger partial charge in [-0.1, -0.05) is 59.8 Å². The molecule has 0 amide bonds. The summed E-state index contributed by atoms with van der Waals surface area (Å²) in [6, 6.07) is 0. The second-order valence-electron chi connectivity index (χ2n) is 5.98. The lowest BCUT2D eigenvalue weighted by atomic mass is 9.72. The average Bonchev–Trinajstić information content (AvgIpc) is 2.40. The lowest BCUT2D eigenvalue weighted by Gasteiger charge is -2.34. The molecule has 0 aromatic rings. The minimum absolute atomic E-state index is 0.766. The fourth-order valence-corrected chi connectivity index (χ4v) is 3.05. The van der Waals surface area contributed by atoms with E-state index >= 15 is 0 Å². The predicted molar refractivity (Wildman–Crippen MR) is 85.1 cm³/mol. The van der Waals surface area contributed by atoms with Crippen LogP contribution >= 0.6 is 0 Å². The van der Waals surface area contributed by atoms with Crippen LogP contribution < -0.4 is 17.0 Å². The van der Waals surface area contributed by atoms with Gasteiger partial charge in [-0.15, -0.1) is 0 Å². The Kier molecular flexibility index (Phi) is 10.7. The number of rotatable bonds is 5. The standard InChI is InChI=1S/C12H24.C4H11N3/c1-4-7-11-8-5-6-9-12(11)10(2)3;1-2-4(5)3-7-6/h10-12H,4-9H2,1-3H3;3,7H,2,5-6H2,1H3/b;4-3-. The van der Waals surface area contributed by atoms with Crippen molar-refractivity contribution < 1.29 is 0 Å². The summed E-state index contributed by atoms with van der Waals surface area (Å²) < 4.78 is 0. The van der Waals surface area contributed by atoms with Crippen molar-refractivity contribution in [2.24, 2.45) is 29.3 Å². The Morgan fingerprint density at radius 2 is 1.89 bits per heavy atom. The molecule has 0 bridgehead atoms. The molecule has 5 N–H and O–H groups in total. The van der Waals surface area contributed by atoms with E-state index in [1.807, 2.05) is 6.92 Å². The smallest absolute Gasteiger partial charge is 0.0310 e. The van der Waals surface area contributed by atoms with E-state index in [2.05, 4.69) is 26.2 Å². The molecule has 1 fully saturated rings. The number of hydrogen-bond acceptors (Lipinski definition) is 3. The molecule has 0 heterocycles. The van der Waals surface area contributed by atoms with Gasteiger partial charge in [0.05, 0.1) is 0 Å². The summed E-state index contributed by atoms with van der Waals surface area (Å²) in [5, 5.41) is 0. The average molecular weight is 269 g/mol. The van der Waals surface area contributed by atoms with E-state index in [1.54, 1.807) is 6.20 Å². The normalized spacial score (nSPS) is 23.8. The monoisotopic (exact) mass is 269 g/mol. The van der Waals surface area contributed by atoms with Crippen molar-refractivity contribution in [3.8, 4) is 0 Å². The maximum atomic E-state index is 5.30. The molecule has 3 heteroatoms. The largest absolute Gasteiger partial charge is 0.401 e. The molecule has 0 radical (unpaired) electrons. The zero-order valence-electron chi connectivity index (χ0n) is 13.4. The topological polar surface area (TPSA) is 64.1 Å². The van der Waals surface area contributed by atoms with Crippen LogP contribution in [-0.2, 0) is 0 Å². The molecule has 1 aliphatic carbocycles. The molecule has 3 nitrogen and oxygen atoms in total. The van der Waals surface area contributed by atoms with Crippen LogP contribution in [0.2, 0.25) is 0 Å². The second kappa shape index (κ2) is 11.2. The summed E-state index contributed by atoms with van der Waals surface area (Å²) in [5.74, 6) is 7.92. The first-order valence-electron chi connectivity index (χ1n) is 7.97. The number of allylic oxidation sites excluding steroid dienone is 1. The van der Waals surface area contributed by atoms with Crippen molar-refractivity contribution >= 4 is 0 Å². The van der Waals surface area contributed by atoms with Crippen LogP contribution in [0.15, 0.2) is 11.9 Å². The summed E-state index contributed by atoms with van der Waals surface area (Å²) in [6.45, 7) is 9.09. The van der Waals surface area contributed by atoms with Gasteiger partial charge in [0.1, 0.15) is 0 Å². The SMILES string of the molecule is CC/C(N)=C/NN.CCCC1CCCCC1C(C)C. The molecule has 114 valence electrons. The van der Waals surface area contributed by atoms with E-state index in [0.29, 0.717) is 0 Å². The van der Waals surface area contributed by atoms with E-state index < -0.39 is 0 Å². The van der Waals surface area contributed by atoms with Crippen molar-refractivity contribution in [1.29, 1.82) is 0 Å². The van der Waals surface area contributed by atoms with Crippen molar-refractivity contribution in [2.45, 2.75) is 72.6 Å². The molecule has 19 heavy (non-hydrogen) atoms. The molecule has 1 rings (SSSR count). The fourth-order valence-electron chi connectivity index (χ4n) is 3.05. The van der Waals surface area contributed by atoms with Crippen LogP contribution in [-0.4, -0.2) is 0 Å². The first-order valence-corrected chi connectivity index (χ1v) is 7.97. The van der Waals surface area contributed by atoms with Crippen LogP contribution in [0.3, 0.4) is 0 Å². The summed E-state index contributed by atoms with van der Waals surface area (Å²) in [6.07, 6.45) is 11.3. The van der Waals surface area contributed by atoms with Gasteiger partial charge in [0, 0.05) is 11.9 Å². The van der Waals surface area contributed by atoms with Crippen molar-refractivity contribution in [1.82, 2.24) is 5.43 Å². The minimum Gasteiger partial charge on any atom is -0.401 e. The second-order valence-corrected chi connectivity index (χ2v) is 5.98. The summed E-state index contributed by atoms with van der Waals surface area (Å²) in [7, 11) is 0.